The van der Waals surface area contributed by atoms with Crippen molar-refractivity contribution in [2.24, 2.45) is 0 Å². The Morgan fingerprint density at radius 1 is 0.333 bits per heavy atom. The highest BCUT2D eigenvalue weighted by atomic mass is 16.5. The Labute approximate surface area is 280 Å². The number of anilines is 3. The van der Waals surface area contributed by atoms with Crippen LogP contribution in [0.3, 0.4) is 0 Å². The topological polar surface area (TPSA) is 12.5 Å². The summed E-state index contributed by atoms with van der Waals surface area (Å²) in [6, 6.07) is 66.8. The minimum atomic E-state index is 0.876. The number of nitrogens with zero attached hydrogens (tertiary/aromatic N) is 1. The molecule has 0 amide bonds. The summed E-state index contributed by atoms with van der Waals surface area (Å²) >= 11 is 0. The van der Waals surface area contributed by atoms with Gasteiger partial charge in [0.15, 0.2) is 0 Å². The third-order valence-electron chi connectivity index (χ3n) is 9.27. The predicted molar refractivity (Wildman–Crippen MR) is 200 cm³/mol. The van der Waals surface area contributed by atoms with Crippen LogP contribution in [-0.4, -0.2) is 0 Å². The van der Waals surface area contributed by atoms with Gasteiger partial charge in [0.05, 0.1) is 5.69 Å². The van der Waals surface area contributed by atoms with Gasteiger partial charge in [0.2, 0.25) is 0 Å². The van der Waals surface area contributed by atoms with E-state index in [1.807, 2.05) is 6.07 Å². The highest BCUT2D eigenvalue weighted by molar-refractivity contribution is 6.12. The summed E-state index contributed by atoms with van der Waals surface area (Å²) in [5, 5.41) is 2.26. The Hall–Kier alpha value is -6.38. The summed E-state index contributed by atoms with van der Waals surface area (Å²) in [5.74, 6) is 1.76. The third-order valence-corrected chi connectivity index (χ3v) is 9.27. The van der Waals surface area contributed by atoms with E-state index in [0.717, 1.165) is 56.0 Å². The molecule has 0 bridgehead atoms. The number of ether oxygens (including phenoxy) is 1. The molecule has 0 atom stereocenters. The fraction of sp³-hybridized carbons (Fsp3) is 0. The van der Waals surface area contributed by atoms with Gasteiger partial charge in [-0.05, 0) is 87.5 Å². The SMILES string of the molecule is c1ccc(-c2ccc(N(c3ccc(-c4ccccc4)cc3)c3ccc4c5c(cc(-c6ccccc6)cc35)Oc3ccccc3-4)cc2)cc1. The summed E-state index contributed by atoms with van der Waals surface area (Å²) in [6.45, 7) is 0. The lowest BCUT2D eigenvalue weighted by Crippen LogP contribution is -2.11. The summed E-state index contributed by atoms with van der Waals surface area (Å²) in [4.78, 5) is 2.38. The zero-order valence-corrected chi connectivity index (χ0v) is 26.3. The highest BCUT2D eigenvalue weighted by Crippen LogP contribution is 2.52. The molecule has 1 heterocycles. The van der Waals surface area contributed by atoms with Crippen LogP contribution in [0.5, 0.6) is 11.5 Å². The van der Waals surface area contributed by atoms with Crippen molar-refractivity contribution >= 4 is 27.8 Å². The minimum Gasteiger partial charge on any atom is -0.456 e. The van der Waals surface area contributed by atoms with Crippen molar-refractivity contribution in [3.05, 3.63) is 188 Å². The van der Waals surface area contributed by atoms with Crippen molar-refractivity contribution in [1.82, 2.24) is 0 Å². The Morgan fingerprint density at radius 2 is 0.812 bits per heavy atom. The quantitative estimate of drug-likeness (QED) is 0.185. The Bertz CT molecular complexity index is 2300. The molecule has 9 rings (SSSR count). The van der Waals surface area contributed by atoms with Crippen molar-refractivity contribution in [2.75, 3.05) is 4.90 Å². The van der Waals surface area contributed by atoms with E-state index in [2.05, 4.69) is 187 Å². The van der Waals surface area contributed by atoms with E-state index in [1.165, 1.54) is 27.8 Å². The van der Waals surface area contributed by atoms with Crippen LogP contribution < -0.4 is 9.64 Å². The van der Waals surface area contributed by atoms with E-state index >= 15 is 0 Å². The molecule has 48 heavy (non-hydrogen) atoms. The molecular formula is C46H31NO. The number of hydrogen-bond acceptors (Lipinski definition) is 2. The molecular weight excluding hydrogens is 583 g/mol. The number of hydrogen-bond donors (Lipinski definition) is 0. The molecule has 1 aliphatic heterocycles. The molecule has 0 unspecified atom stereocenters. The second kappa shape index (κ2) is 11.8. The smallest absolute Gasteiger partial charge is 0.136 e. The first-order valence-electron chi connectivity index (χ1n) is 16.3. The molecule has 8 aromatic rings. The maximum atomic E-state index is 6.67. The van der Waals surface area contributed by atoms with Gasteiger partial charge >= 0.3 is 0 Å². The number of fused-ring (bicyclic) bond motifs is 2. The first kappa shape index (κ1) is 27.9. The molecule has 0 radical (unpaired) electrons. The number of benzene rings is 8. The van der Waals surface area contributed by atoms with Gasteiger partial charge < -0.3 is 9.64 Å². The molecule has 0 spiro atoms. The van der Waals surface area contributed by atoms with Gasteiger partial charge in [-0.15, -0.1) is 0 Å². The molecule has 1 aliphatic rings. The lowest BCUT2D eigenvalue weighted by Gasteiger charge is -2.30. The first-order chi connectivity index (χ1) is 23.8. The van der Waals surface area contributed by atoms with Crippen molar-refractivity contribution in [3.8, 4) is 56.0 Å². The van der Waals surface area contributed by atoms with Crippen LogP contribution in [0.2, 0.25) is 0 Å². The zero-order valence-electron chi connectivity index (χ0n) is 26.3. The molecule has 0 fully saturated rings. The van der Waals surface area contributed by atoms with Crippen LogP contribution >= 0.6 is 0 Å². The van der Waals surface area contributed by atoms with Gasteiger partial charge in [0, 0.05) is 27.7 Å². The van der Waals surface area contributed by atoms with E-state index in [4.69, 9.17) is 4.74 Å². The molecule has 0 N–H and O–H groups in total. The molecule has 8 aromatic carbocycles. The van der Waals surface area contributed by atoms with E-state index in [-0.39, 0.29) is 0 Å². The van der Waals surface area contributed by atoms with Crippen LogP contribution in [0.4, 0.5) is 17.1 Å². The molecule has 0 aliphatic carbocycles. The average molecular weight is 614 g/mol. The summed E-state index contributed by atoms with van der Waals surface area (Å²) in [5.41, 5.74) is 12.6. The normalized spacial score (nSPS) is 11.5. The Morgan fingerprint density at radius 3 is 1.38 bits per heavy atom. The molecule has 2 nitrogen and oxygen atoms in total. The fourth-order valence-corrected chi connectivity index (χ4v) is 6.92. The monoisotopic (exact) mass is 613 g/mol. The van der Waals surface area contributed by atoms with Gasteiger partial charge in [-0.2, -0.15) is 0 Å². The van der Waals surface area contributed by atoms with Crippen molar-refractivity contribution in [1.29, 1.82) is 0 Å². The van der Waals surface area contributed by atoms with Gasteiger partial charge in [-0.1, -0.05) is 140 Å². The van der Waals surface area contributed by atoms with E-state index in [9.17, 15) is 0 Å². The molecule has 0 saturated heterocycles. The van der Waals surface area contributed by atoms with Gasteiger partial charge in [0.1, 0.15) is 11.5 Å². The Kier molecular flexibility index (Phi) is 6.84. The molecule has 0 saturated carbocycles. The number of rotatable bonds is 6. The third kappa shape index (κ3) is 4.92. The van der Waals surface area contributed by atoms with Gasteiger partial charge in [0.25, 0.3) is 0 Å². The maximum Gasteiger partial charge on any atom is 0.136 e. The van der Waals surface area contributed by atoms with Crippen molar-refractivity contribution in [2.45, 2.75) is 0 Å². The summed E-state index contributed by atoms with van der Waals surface area (Å²) < 4.78 is 6.67. The maximum absolute atomic E-state index is 6.67. The first-order valence-corrected chi connectivity index (χ1v) is 16.3. The van der Waals surface area contributed by atoms with Gasteiger partial charge in [-0.25, -0.2) is 0 Å². The van der Waals surface area contributed by atoms with Crippen LogP contribution in [-0.2, 0) is 0 Å². The van der Waals surface area contributed by atoms with Crippen molar-refractivity contribution in [3.63, 3.8) is 0 Å². The standard InChI is InChI=1S/C46H31NO/c1-4-12-32(13-5-1)35-20-24-38(25-21-35)47(39-26-22-36(23-27-39)33-14-6-2-7-15-33)43-29-28-41-40-18-10-11-19-44(40)48-45-31-37(30-42(43)46(41)45)34-16-8-3-9-17-34/h1-31H. The van der Waals surface area contributed by atoms with Gasteiger partial charge in [-0.3, -0.25) is 0 Å². The Balaban J connectivity index is 1.27. The lowest BCUT2D eigenvalue weighted by molar-refractivity contribution is 0.487. The van der Waals surface area contributed by atoms with Crippen LogP contribution in [0.15, 0.2) is 188 Å². The zero-order chi connectivity index (χ0) is 31.9. The van der Waals surface area contributed by atoms with Crippen molar-refractivity contribution < 1.29 is 4.74 Å². The summed E-state index contributed by atoms with van der Waals surface area (Å²) in [6.07, 6.45) is 0. The largest absolute Gasteiger partial charge is 0.456 e. The second-order valence-electron chi connectivity index (χ2n) is 12.2. The van der Waals surface area contributed by atoms with E-state index < -0.39 is 0 Å². The molecule has 2 heteroatoms. The summed E-state index contributed by atoms with van der Waals surface area (Å²) in [7, 11) is 0. The minimum absolute atomic E-state index is 0.876. The molecule has 0 aromatic heterocycles. The highest BCUT2D eigenvalue weighted by Gasteiger charge is 2.25. The van der Waals surface area contributed by atoms with Crippen LogP contribution in [0.25, 0.3) is 55.3 Å². The molecule has 226 valence electrons. The average Bonchev–Trinajstić information content (AvgIpc) is 3.17. The van der Waals surface area contributed by atoms with E-state index in [0.29, 0.717) is 0 Å². The second-order valence-corrected chi connectivity index (χ2v) is 12.2. The fourth-order valence-electron chi connectivity index (χ4n) is 6.92. The van der Waals surface area contributed by atoms with Crippen LogP contribution in [0, 0.1) is 0 Å². The van der Waals surface area contributed by atoms with E-state index in [1.54, 1.807) is 0 Å². The predicted octanol–water partition coefficient (Wildman–Crippen LogP) is 13.1. The number of para-hydroxylation sites is 1. The lowest BCUT2D eigenvalue weighted by atomic mass is 9.90. The van der Waals surface area contributed by atoms with Crippen LogP contribution in [0.1, 0.15) is 0 Å².